The third-order valence-electron chi connectivity index (χ3n) is 7.42. The van der Waals surface area contributed by atoms with E-state index in [2.05, 4.69) is 10.2 Å². The number of hydrogen-bond acceptors (Lipinski definition) is 5. The van der Waals surface area contributed by atoms with Crippen LogP contribution in [0.4, 0.5) is 0 Å². The number of aromatic nitrogens is 1. The Balaban J connectivity index is 1.36. The molecule has 1 aromatic heterocycles. The highest BCUT2D eigenvalue weighted by Crippen LogP contribution is 2.31. The Kier molecular flexibility index (Phi) is 10.5. The average molecular weight is 494 g/mol. The van der Waals surface area contributed by atoms with E-state index in [1.54, 1.807) is 0 Å². The van der Waals surface area contributed by atoms with Crippen molar-refractivity contribution < 1.29 is 14.3 Å². The molecule has 1 aliphatic heterocycles. The van der Waals surface area contributed by atoms with Crippen LogP contribution in [0.1, 0.15) is 70.4 Å². The van der Waals surface area contributed by atoms with Gasteiger partial charge in [0.25, 0.3) is 0 Å². The molecular weight excluding hydrogens is 450 g/mol. The molecule has 1 aliphatic carbocycles. The molecule has 1 saturated heterocycles. The number of likely N-dealkylation sites (tertiary alicyclic amines) is 1. The van der Waals surface area contributed by atoms with E-state index in [4.69, 9.17) is 14.5 Å². The minimum atomic E-state index is 0.0296. The van der Waals surface area contributed by atoms with Gasteiger partial charge in [0.05, 0.1) is 18.7 Å². The van der Waals surface area contributed by atoms with Crippen LogP contribution in [-0.4, -0.2) is 55.2 Å². The van der Waals surface area contributed by atoms with Crippen molar-refractivity contribution in [2.24, 2.45) is 5.92 Å². The molecule has 2 aliphatic rings. The Morgan fingerprint density at radius 3 is 2.53 bits per heavy atom. The monoisotopic (exact) mass is 493 g/mol. The largest absolute Gasteiger partial charge is 0.494 e. The fourth-order valence-electron chi connectivity index (χ4n) is 5.40. The number of nitrogens with one attached hydrogen (secondary N) is 1. The van der Waals surface area contributed by atoms with Crippen molar-refractivity contribution >= 4 is 5.91 Å². The van der Waals surface area contributed by atoms with Gasteiger partial charge >= 0.3 is 0 Å². The fourth-order valence-corrected chi connectivity index (χ4v) is 5.40. The molecule has 0 unspecified atom stereocenters. The molecule has 1 amide bonds. The van der Waals surface area contributed by atoms with Gasteiger partial charge in [-0.1, -0.05) is 44.2 Å². The Morgan fingerprint density at radius 2 is 1.78 bits per heavy atom. The van der Waals surface area contributed by atoms with Crippen LogP contribution in [-0.2, 0) is 11.2 Å². The standard InChI is InChI=1S/C30H43N3O3/c1-2-35-27-15-12-25(13-16-27)28-17-14-26(23-29(34)31-18-8-11-24-9-4-5-10-24)32-30(28)36-22-21-33-19-6-3-7-20-33/h12-17,24H,2-11,18-23H2,1H3,(H,31,34). The van der Waals surface area contributed by atoms with Crippen molar-refractivity contribution in [3.63, 3.8) is 0 Å². The molecule has 0 spiro atoms. The van der Waals surface area contributed by atoms with Crippen LogP contribution in [0.25, 0.3) is 11.1 Å². The summed E-state index contributed by atoms with van der Waals surface area (Å²) in [6, 6.07) is 12.0. The first-order valence-corrected chi connectivity index (χ1v) is 14.1. The number of hydrogen-bond donors (Lipinski definition) is 1. The lowest BCUT2D eigenvalue weighted by Gasteiger charge is -2.26. The molecule has 196 valence electrons. The van der Waals surface area contributed by atoms with E-state index < -0.39 is 0 Å². The SMILES string of the molecule is CCOc1ccc(-c2ccc(CC(=O)NCCCC3CCCC3)nc2OCCN2CCCCC2)cc1. The zero-order valence-corrected chi connectivity index (χ0v) is 22.0. The Hall–Kier alpha value is -2.60. The maximum atomic E-state index is 12.6. The summed E-state index contributed by atoms with van der Waals surface area (Å²) in [5, 5.41) is 3.08. The second-order valence-electron chi connectivity index (χ2n) is 10.2. The number of nitrogens with zero attached hydrogens (tertiary/aromatic N) is 2. The molecule has 4 rings (SSSR count). The van der Waals surface area contributed by atoms with Crippen LogP contribution in [0.5, 0.6) is 11.6 Å². The van der Waals surface area contributed by atoms with E-state index in [0.29, 0.717) is 19.1 Å². The van der Waals surface area contributed by atoms with E-state index in [1.165, 1.54) is 51.4 Å². The van der Waals surface area contributed by atoms with Crippen LogP contribution in [0.15, 0.2) is 36.4 Å². The van der Waals surface area contributed by atoms with E-state index in [1.807, 2.05) is 43.3 Å². The second kappa shape index (κ2) is 14.2. The Bertz CT molecular complexity index is 935. The van der Waals surface area contributed by atoms with Crippen LogP contribution >= 0.6 is 0 Å². The van der Waals surface area contributed by atoms with Crippen molar-refractivity contribution in [2.45, 2.75) is 71.1 Å². The molecule has 6 nitrogen and oxygen atoms in total. The van der Waals surface area contributed by atoms with Crippen molar-refractivity contribution in [3.05, 3.63) is 42.1 Å². The van der Waals surface area contributed by atoms with Gasteiger partial charge in [-0.05, 0) is 81.4 Å². The van der Waals surface area contributed by atoms with Gasteiger partial charge in [-0.15, -0.1) is 0 Å². The van der Waals surface area contributed by atoms with Crippen molar-refractivity contribution in [2.75, 3.05) is 39.4 Å². The van der Waals surface area contributed by atoms with Gasteiger partial charge in [-0.2, -0.15) is 0 Å². The summed E-state index contributed by atoms with van der Waals surface area (Å²) in [5.41, 5.74) is 2.71. The fraction of sp³-hybridized carbons (Fsp3) is 0.600. The molecule has 1 aromatic carbocycles. The normalized spacial score (nSPS) is 16.7. The average Bonchev–Trinajstić information content (AvgIpc) is 3.42. The van der Waals surface area contributed by atoms with E-state index in [-0.39, 0.29) is 12.3 Å². The lowest BCUT2D eigenvalue weighted by molar-refractivity contribution is -0.120. The number of ether oxygens (including phenoxy) is 2. The van der Waals surface area contributed by atoms with Gasteiger partial charge in [-0.25, -0.2) is 4.98 Å². The van der Waals surface area contributed by atoms with Crippen molar-refractivity contribution in [3.8, 4) is 22.8 Å². The highest BCUT2D eigenvalue weighted by atomic mass is 16.5. The lowest BCUT2D eigenvalue weighted by atomic mass is 10.0. The van der Waals surface area contributed by atoms with Crippen LogP contribution < -0.4 is 14.8 Å². The summed E-state index contributed by atoms with van der Waals surface area (Å²) < 4.78 is 11.8. The molecule has 2 fully saturated rings. The van der Waals surface area contributed by atoms with Crippen LogP contribution in [0, 0.1) is 5.92 Å². The first-order chi connectivity index (χ1) is 17.7. The highest BCUT2D eigenvalue weighted by molar-refractivity contribution is 5.78. The minimum absolute atomic E-state index is 0.0296. The molecule has 1 N–H and O–H groups in total. The predicted octanol–water partition coefficient (Wildman–Crippen LogP) is 5.64. The summed E-state index contributed by atoms with van der Waals surface area (Å²) >= 11 is 0. The van der Waals surface area contributed by atoms with Gasteiger partial charge in [0, 0.05) is 18.7 Å². The second-order valence-corrected chi connectivity index (χ2v) is 10.2. The van der Waals surface area contributed by atoms with Gasteiger partial charge in [-0.3, -0.25) is 9.69 Å². The molecule has 2 aromatic rings. The molecule has 0 bridgehead atoms. The minimum Gasteiger partial charge on any atom is -0.494 e. The Morgan fingerprint density at radius 1 is 1.00 bits per heavy atom. The Labute approximate surface area is 216 Å². The third-order valence-corrected chi connectivity index (χ3v) is 7.42. The first kappa shape index (κ1) is 26.5. The maximum Gasteiger partial charge on any atom is 0.226 e. The number of benzene rings is 1. The number of carbonyl (C=O) groups excluding carboxylic acids is 1. The third kappa shape index (κ3) is 8.22. The highest BCUT2D eigenvalue weighted by Gasteiger charge is 2.16. The number of pyridine rings is 1. The molecule has 6 heteroatoms. The summed E-state index contributed by atoms with van der Waals surface area (Å²) in [5.74, 6) is 2.34. The molecule has 36 heavy (non-hydrogen) atoms. The van der Waals surface area contributed by atoms with Gasteiger partial charge in [0.1, 0.15) is 12.4 Å². The summed E-state index contributed by atoms with van der Waals surface area (Å²) in [7, 11) is 0. The quantitative estimate of drug-likeness (QED) is 0.366. The van der Waals surface area contributed by atoms with Crippen LogP contribution in [0.3, 0.4) is 0 Å². The number of amides is 1. The number of rotatable bonds is 13. The van der Waals surface area contributed by atoms with E-state index in [0.717, 1.165) is 61.1 Å². The maximum absolute atomic E-state index is 12.6. The summed E-state index contributed by atoms with van der Waals surface area (Å²) in [4.78, 5) is 19.8. The molecule has 2 heterocycles. The molecule has 0 radical (unpaired) electrons. The number of carbonyl (C=O) groups is 1. The number of piperidine rings is 1. The smallest absolute Gasteiger partial charge is 0.226 e. The summed E-state index contributed by atoms with van der Waals surface area (Å²) in [6.45, 7) is 7.15. The predicted molar refractivity (Wildman–Crippen MR) is 145 cm³/mol. The van der Waals surface area contributed by atoms with Gasteiger partial charge in [0.15, 0.2) is 0 Å². The molecule has 1 saturated carbocycles. The van der Waals surface area contributed by atoms with Crippen molar-refractivity contribution in [1.29, 1.82) is 0 Å². The topological polar surface area (TPSA) is 63.7 Å². The van der Waals surface area contributed by atoms with Crippen molar-refractivity contribution in [1.82, 2.24) is 15.2 Å². The zero-order valence-electron chi connectivity index (χ0n) is 22.0. The first-order valence-electron chi connectivity index (χ1n) is 14.1. The van der Waals surface area contributed by atoms with E-state index in [9.17, 15) is 4.79 Å². The molecule has 0 atom stereocenters. The lowest BCUT2D eigenvalue weighted by Crippen LogP contribution is -2.33. The van der Waals surface area contributed by atoms with Gasteiger partial charge < -0.3 is 14.8 Å². The summed E-state index contributed by atoms with van der Waals surface area (Å²) in [6.07, 6.45) is 11.9. The zero-order chi connectivity index (χ0) is 25.0. The molecular formula is C30H43N3O3. The van der Waals surface area contributed by atoms with E-state index >= 15 is 0 Å². The van der Waals surface area contributed by atoms with Crippen LogP contribution in [0.2, 0.25) is 0 Å². The van der Waals surface area contributed by atoms with Gasteiger partial charge in [0.2, 0.25) is 11.8 Å².